The van der Waals surface area contributed by atoms with E-state index in [1.807, 2.05) is 50.2 Å². The predicted molar refractivity (Wildman–Crippen MR) is 194 cm³/mol. The lowest BCUT2D eigenvalue weighted by Crippen LogP contribution is -2.69. The SMILES string of the molecule is CC(=O)OC1C(=O)C2(C)C(O)CC3OCC3C2CC2(O)C[C@H](OC(=O)CCc3ccccc3)C(C)=C1C2(C)C.CCC(=O)O.NC(=O)c1ccccc1. The zero-order chi connectivity index (χ0) is 39.3. The Balaban J connectivity index is 0.000000376. The van der Waals surface area contributed by atoms with Gasteiger partial charge in [0.25, 0.3) is 0 Å². The number of aliphatic carboxylic acids is 1. The second kappa shape index (κ2) is 16.7. The molecule has 3 aliphatic carbocycles. The van der Waals surface area contributed by atoms with Crippen LogP contribution in [-0.2, 0) is 39.8 Å². The minimum absolute atomic E-state index is 0.0134. The van der Waals surface area contributed by atoms with Crippen molar-refractivity contribution in [2.75, 3.05) is 6.61 Å². The van der Waals surface area contributed by atoms with Crippen LogP contribution in [0.2, 0.25) is 0 Å². The molecular weight excluding hydrogens is 682 g/mol. The number of carbonyl (C=O) groups is 5. The molecule has 4 aliphatic rings. The van der Waals surface area contributed by atoms with E-state index in [2.05, 4.69) is 0 Å². The van der Waals surface area contributed by atoms with Gasteiger partial charge in [-0.25, -0.2) is 0 Å². The molecule has 1 aliphatic heterocycles. The van der Waals surface area contributed by atoms with Gasteiger partial charge in [0, 0.05) is 49.5 Å². The summed E-state index contributed by atoms with van der Waals surface area (Å²) in [5, 5.41) is 31.5. The number of carbonyl (C=O) groups excluding carboxylic acids is 4. The van der Waals surface area contributed by atoms with Crippen LogP contribution in [0.3, 0.4) is 0 Å². The van der Waals surface area contributed by atoms with Crippen LogP contribution in [0.1, 0.15) is 89.6 Å². The number of ketones is 1. The summed E-state index contributed by atoms with van der Waals surface area (Å²) in [6.07, 6.45) is -1.67. The van der Waals surface area contributed by atoms with Crippen molar-refractivity contribution >= 4 is 29.6 Å². The minimum Gasteiger partial charge on any atom is -0.481 e. The van der Waals surface area contributed by atoms with Gasteiger partial charge >= 0.3 is 17.9 Å². The van der Waals surface area contributed by atoms with Crippen LogP contribution in [0.5, 0.6) is 0 Å². The number of hydrogen-bond donors (Lipinski definition) is 4. The summed E-state index contributed by atoms with van der Waals surface area (Å²) in [6.45, 7) is 10.5. The lowest BCUT2D eigenvalue weighted by atomic mass is 9.47. The first-order valence-corrected chi connectivity index (χ1v) is 18.1. The van der Waals surface area contributed by atoms with E-state index in [0.29, 0.717) is 36.2 Å². The number of esters is 2. The summed E-state index contributed by atoms with van der Waals surface area (Å²) in [4.78, 5) is 59.5. The van der Waals surface area contributed by atoms with Crippen LogP contribution in [0, 0.1) is 22.7 Å². The van der Waals surface area contributed by atoms with Gasteiger partial charge in [0.2, 0.25) is 5.91 Å². The van der Waals surface area contributed by atoms with E-state index in [4.69, 9.17) is 25.1 Å². The van der Waals surface area contributed by atoms with Gasteiger partial charge in [-0.3, -0.25) is 24.0 Å². The monoisotopic (exact) mass is 735 g/mol. The van der Waals surface area contributed by atoms with Crippen LogP contribution in [0.25, 0.3) is 0 Å². The van der Waals surface area contributed by atoms with Crippen LogP contribution < -0.4 is 5.73 Å². The summed E-state index contributed by atoms with van der Waals surface area (Å²) < 4.78 is 17.4. The molecule has 0 aromatic heterocycles. The summed E-state index contributed by atoms with van der Waals surface area (Å²) in [5.74, 6) is -2.94. The Labute approximate surface area is 310 Å². The highest BCUT2D eigenvalue weighted by atomic mass is 16.6. The number of primary amides is 1. The van der Waals surface area contributed by atoms with E-state index in [-0.39, 0.29) is 49.4 Å². The highest BCUT2D eigenvalue weighted by Crippen LogP contribution is 2.61. The van der Waals surface area contributed by atoms with Crippen molar-refractivity contribution in [3.63, 3.8) is 0 Å². The van der Waals surface area contributed by atoms with Crippen molar-refractivity contribution in [2.45, 2.75) is 110 Å². The molecular formula is C41H53NO11. The van der Waals surface area contributed by atoms with E-state index < -0.39 is 58.6 Å². The van der Waals surface area contributed by atoms with Crippen LogP contribution in [0.4, 0.5) is 0 Å². The first-order valence-electron chi connectivity index (χ1n) is 18.1. The Morgan fingerprint density at radius 2 is 1.55 bits per heavy atom. The average molecular weight is 736 g/mol. The molecule has 2 saturated carbocycles. The molecule has 1 saturated heterocycles. The largest absolute Gasteiger partial charge is 0.481 e. The maximum Gasteiger partial charge on any atom is 0.306 e. The molecule has 7 unspecified atom stereocenters. The van der Waals surface area contributed by atoms with E-state index in [9.17, 15) is 34.2 Å². The summed E-state index contributed by atoms with van der Waals surface area (Å²) in [6, 6.07) is 18.4. The number of Topliss-reactive ketones (excluding diaryl/α,β-unsaturated/α-hetero) is 1. The molecule has 12 heteroatoms. The zero-order valence-electron chi connectivity index (χ0n) is 31.4. The lowest BCUT2D eigenvalue weighted by Gasteiger charge is -2.62. The highest BCUT2D eigenvalue weighted by molar-refractivity contribution is 5.95. The second-order valence-electron chi connectivity index (χ2n) is 15.1. The summed E-state index contributed by atoms with van der Waals surface area (Å²) in [7, 11) is 0. The molecule has 2 aromatic carbocycles. The first-order chi connectivity index (χ1) is 24.9. The lowest BCUT2D eigenvalue weighted by molar-refractivity contribution is -0.244. The van der Waals surface area contributed by atoms with E-state index in [1.54, 1.807) is 45.0 Å². The quantitative estimate of drug-likeness (QED) is 0.229. The van der Waals surface area contributed by atoms with Crippen molar-refractivity contribution in [2.24, 2.45) is 28.4 Å². The van der Waals surface area contributed by atoms with Crippen molar-refractivity contribution in [3.8, 4) is 0 Å². The predicted octanol–water partition coefficient (Wildman–Crippen LogP) is 4.58. The maximum atomic E-state index is 14.4. The zero-order valence-corrected chi connectivity index (χ0v) is 31.4. The topological polar surface area (TPSA) is 200 Å². The van der Waals surface area contributed by atoms with Gasteiger partial charge in [-0.1, -0.05) is 69.3 Å². The number of fused-ring (bicyclic) bond motifs is 5. The number of aliphatic hydroxyl groups excluding tert-OH is 1. The van der Waals surface area contributed by atoms with Crippen LogP contribution in [0.15, 0.2) is 71.8 Å². The van der Waals surface area contributed by atoms with E-state index in [1.165, 1.54) is 6.92 Å². The Hall–Kier alpha value is -4.39. The van der Waals surface area contributed by atoms with Gasteiger partial charge in [-0.2, -0.15) is 0 Å². The van der Waals surface area contributed by atoms with Gasteiger partial charge in [-0.05, 0) is 61.4 Å². The van der Waals surface area contributed by atoms with Gasteiger partial charge in [-0.15, -0.1) is 0 Å². The summed E-state index contributed by atoms with van der Waals surface area (Å²) in [5.41, 5.74) is 4.01. The molecule has 0 spiro atoms. The Kier molecular flexibility index (Phi) is 13.1. The average Bonchev–Trinajstić information content (AvgIpc) is 3.10. The van der Waals surface area contributed by atoms with Crippen molar-refractivity contribution in [3.05, 3.63) is 82.9 Å². The van der Waals surface area contributed by atoms with E-state index in [0.717, 1.165) is 5.56 Å². The fourth-order valence-electron chi connectivity index (χ4n) is 8.23. The third kappa shape index (κ3) is 8.71. The third-order valence-corrected chi connectivity index (χ3v) is 11.7. The fourth-order valence-corrected chi connectivity index (χ4v) is 8.23. The molecule has 53 heavy (non-hydrogen) atoms. The number of rotatable bonds is 7. The number of carboxylic acid groups (broad SMARTS) is 1. The number of hydrogen-bond acceptors (Lipinski definition) is 10. The van der Waals surface area contributed by atoms with Crippen LogP contribution in [-0.4, -0.2) is 81.5 Å². The van der Waals surface area contributed by atoms with Crippen molar-refractivity contribution in [1.82, 2.24) is 0 Å². The number of aliphatic hydroxyl groups is 2. The van der Waals surface area contributed by atoms with Gasteiger partial charge in [0.05, 0.1) is 29.8 Å². The minimum atomic E-state index is -1.39. The maximum absolute atomic E-state index is 14.4. The molecule has 2 aromatic rings. The standard InChI is InChI=1S/C31H40O8.C7H7NO.C3H6O2/c1-17-23(39-25(34)12-11-19-9-7-6-8-10-19)15-31(36)14-21-20-16-37-22(20)13-24(33)30(21,5)28(35)27(38-18(2)32)26(17)29(31,3)4;8-7(9)6-4-2-1-3-5-6;1-2-3(4)5/h6-10,20-24,27,33,36H,11-16H2,1-5H3;1-5H,(H2,8,9);2H2,1H3,(H,4,5)/t20?,21?,22?,23-,24?,27?,30?,31?;;/m0../s1. The molecule has 1 amide bonds. The molecule has 0 radical (unpaired) electrons. The van der Waals surface area contributed by atoms with E-state index >= 15 is 0 Å². The fraction of sp³-hybridized carbons (Fsp3) is 0.537. The molecule has 1 heterocycles. The van der Waals surface area contributed by atoms with Crippen molar-refractivity contribution < 1.29 is 53.5 Å². The molecule has 2 bridgehead atoms. The number of nitrogens with two attached hydrogens (primary N) is 1. The molecule has 3 fully saturated rings. The number of amides is 1. The molecule has 12 nitrogen and oxygen atoms in total. The number of ether oxygens (including phenoxy) is 3. The Morgan fingerprint density at radius 3 is 2.04 bits per heavy atom. The second-order valence-corrected chi connectivity index (χ2v) is 15.1. The number of carboxylic acids is 1. The summed E-state index contributed by atoms with van der Waals surface area (Å²) >= 11 is 0. The highest BCUT2D eigenvalue weighted by Gasteiger charge is 2.67. The molecule has 8 atom stereocenters. The first kappa shape index (κ1) is 41.4. The third-order valence-electron chi connectivity index (χ3n) is 11.7. The number of aryl methyl sites for hydroxylation is 1. The Morgan fingerprint density at radius 1 is 0.962 bits per heavy atom. The van der Waals surface area contributed by atoms with Gasteiger partial charge in [0.15, 0.2) is 11.9 Å². The van der Waals surface area contributed by atoms with Gasteiger partial charge < -0.3 is 35.3 Å². The molecule has 6 rings (SSSR count). The molecule has 5 N–H and O–H groups in total. The smallest absolute Gasteiger partial charge is 0.306 e. The Bertz CT molecular complexity index is 1690. The van der Waals surface area contributed by atoms with Crippen LogP contribution >= 0.6 is 0 Å². The van der Waals surface area contributed by atoms with Crippen molar-refractivity contribution in [1.29, 1.82) is 0 Å². The molecule has 288 valence electrons. The normalized spacial score (nSPS) is 30.8. The number of benzene rings is 2. The van der Waals surface area contributed by atoms with Gasteiger partial charge in [0.1, 0.15) is 6.10 Å².